The van der Waals surface area contributed by atoms with Crippen molar-refractivity contribution in [1.82, 2.24) is 9.55 Å². The molecule has 1 aromatic heterocycles. The number of aryl methyl sites for hydroxylation is 1. The molecular weight excluding hydrogens is 304 g/mol. The maximum Gasteiger partial charge on any atom is 0.0945 e. The number of hydrogen-bond donors (Lipinski definition) is 0. The Balaban J connectivity index is 0.000000535. The molecule has 1 rings (SSSR count). The fourth-order valence-electron chi connectivity index (χ4n) is 3.31. The Labute approximate surface area is 158 Å². The highest BCUT2D eigenvalue weighted by molar-refractivity contribution is 4.73. The van der Waals surface area contributed by atoms with Gasteiger partial charge in [0.15, 0.2) is 0 Å². The molecule has 0 spiro atoms. The predicted octanol–water partition coefficient (Wildman–Crippen LogP) is 8.03. The van der Waals surface area contributed by atoms with Crippen LogP contribution in [-0.2, 0) is 6.54 Å². The first-order valence-corrected chi connectivity index (χ1v) is 11.2. The highest BCUT2D eigenvalue weighted by Gasteiger charge is 2.06. The van der Waals surface area contributed by atoms with E-state index in [2.05, 4.69) is 37.2 Å². The number of imidazole rings is 1. The van der Waals surface area contributed by atoms with Crippen LogP contribution in [0.2, 0.25) is 0 Å². The molecule has 0 aliphatic heterocycles. The molecule has 0 saturated carbocycles. The van der Waals surface area contributed by atoms with E-state index in [4.69, 9.17) is 0 Å². The summed E-state index contributed by atoms with van der Waals surface area (Å²) in [6, 6.07) is 0. The molecule has 0 bridgehead atoms. The number of hydrogen-bond acceptors (Lipinski definition) is 1. The SMILES string of the molecule is CCCCCCCCC(CCC)CCCC.CCCCn1ccnc1. The van der Waals surface area contributed by atoms with Crippen LogP contribution in [0.25, 0.3) is 0 Å². The number of nitrogens with zero attached hydrogens (tertiary/aromatic N) is 2. The molecule has 0 radical (unpaired) electrons. The molecule has 0 fully saturated rings. The van der Waals surface area contributed by atoms with Gasteiger partial charge in [0.1, 0.15) is 0 Å². The molecule has 1 unspecified atom stereocenters. The lowest BCUT2D eigenvalue weighted by atomic mass is 9.91. The Kier molecular flexibility index (Phi) is 18.9. The van der Waals surface area contributed by atoms with Gasteiger partial charge < -0.3 is 4.57 Å². The van der Waals surface area contributed by atoms with Crippen LogP contribution in [0.4, 0.5) is 0 Å². The van der Waals surface area contributed by atoms with Gasteiger partial charge in [0, 0.05) is 18.9 Å². The van der Waals surface area contributed by atoms with E-state index in [0.29, 0.717) is 0 Å². The van der Waals surface area contributed by atoms with E-state index < -0.39 is 0 Å². The van der Waals surface area contributed by atoms with Crippen molar-refractivity contribution < 1.29 is 0 Å². The molecule has 0 aromatic carbocycles. The monoisotopic (exact) mass is 350 g/mol. The van der Waals surface area contributed by atoms with Crippen molar-refractivity contribution in [2.45, 2.75) is 124 Å². The second-order valence-corrected chi connectivity index (χ2v) is 7.51. The predicted molar refractivity (Wildman–Crippen MR) is 113 cm³/mol. The molecule has 2 heteroatoms. The molecule has 0 aliphatic carbocycles. The molecule has 0 N–H and O–H groups in total. The van der Waals surface area contributed by atoms with E-state index in [1.165, 1.54) is 89.9 Å². The van der Waals surface area contributed by atoms with Crippen LogP contribution in [0.1, 0.15) is 118 Å². The Morgan fingerprint density at radius 1 is 0.680 bits per heavy atom. The molecule has 0 saturated heterocycles. The number of unbranched alkanes of at least 4 members (excludes halogenated alkanes) is 7. The molecule has 2 nitrogen and oxygen atoms in total. The van der Waals surface area contributed by atoms with Crippen LogP contribution in [-0.4, -0.2) is 9.55 Å². The average Bonchev–Trinajstić information content (AvgIpc) is 3.14. The van der Waals surface area contributed by atoms with Crippen molar-refractivity contribution in [3.05, 3.63) is 18.7 Å². The van der Waals surface area contributed by atoms with Crippen LogP contribution in [0.3, 0.4) is 0 Å². The second-order valence-electron chi connectivity index (χ2n) is 7.51. The molecule has 0 amide bonds. The zero-order chi connectivity index (χ0) is 18.6. The fourth-order valence-corrected chi connectivity index (χ4v) is 3.31. The van der Waals surface area contributed by atoms with Gasteiger partial charge in [-0.15, -0.1) is 0 Å². The zero-order valence-electron chi connectivity index (χ0n) is 17.8. The first kappa shape index (κ1) is 24.2. The van der Waals surface area contributed by atoms with E-state index in [-0.39, 0.29) is 0 Å². The van der Waals surface area contributed by atoms with Crippen LogP contribution >= 0.6 is 0 Å². The Morgan fingerprint density at radius 3 is 1.92 bits per heavy atom. The number of aromatic nitrogens is 2. The quantitative estimate of drug-likeness (QED) is 0.293. The van der Waals surface area contributed by atoms with Crippen LogP contribution in [0.15, 0.2) is 18.7 Å². The summed E-state index contributed by atoms with van der Waals surface area (Å²) in [4.78, 5) is 3.94. The third-order valence-electron chi connectivity index (χ3n) is 4.96. The Hall–Kier alpha value is -0.790. The fraction of sp³-hybridized carbons (Fsp3) is 0.870. The second kappa shape index (κ2) is 19.5. The lowest BCUT2D eigenvalue weighted by molar-refractivity contribution is 0.383. The van der Waals surface area contributed by atoms with Crippen molar-refractivity contribution in [2.24, 2.45) is 5.92 Å². The number of rotatable bonds is 15. The first-order valence-electron chi connectivity index (χ1n) is 11.2. The van der Waals surface area contributed by atoms with Gasteiger partial charge in [-0.2, -0.15) is 0 Å². The first-order chi connectivity index (χ1) is 12.3. The summed E-state index contributed by atoms with van der Waals surface area (Å²) in [6.45, 7) is 10.2. The molecule has 1 heterocycles. The third kappa shape index (κ3) is 16.4. The van der Waals surface area contributed by atoms with Crippen molar-refractivity contribution in [3.8, 4) is 0 Å². The summed E-state index contributed by atoms with van der Waals surface area (Å²) in [5.41, 5.74) is 0. The van der Waals surface area contributed by atoms with Gasteiger partial charge in [0.2, 0.25) is 0 Å². The maximum atomic E-state index is 3.94. The summed E-state index contributed by atoms with van der Waals surface area (Å²) in [5, 5.41) is 0. The third-order valence-corrected chi connectivity index (χ3v) is 4.96. The summed E-state index contributed by atoms with van der Waals surface area (Å²) >= 11 is 0. The molecule has 25 heavy (non-hydrogen) atoms. The molecular formula is C23H46N2. The molecule has 1 atom stereocenters. The highest BCUT2D eigenvalue weighted by Crippen LogP contribution is 2.22. The van der Waals surface area contributed by atoms with Crippen LogP contribution in [0, 0.1) is 5.92 Å². The maximum absolute atomic E-state index is 3.94. The van der Waals surface area contributed by atoms with E-state index in [1.54, 1.807) is 0 Å². The topological polar surface area (TPSA) is 17.8 Å². The summed E-state index contributed by atoms with van der Waals surface area (Å²) < 4.78 is 2.10. The summed E-state index contributed by atoms with van der Waals surface area (Å²) in [7, 11) is 0. The van der Waals surface area contributed by atoms with E-state index in [9.17, 15) is 0 Å². The van der Waals surface area contributed by atoms with Crippen molar-refractivity contribution in [3.63, 3.8) is 0 Å². The van der Waals surface area contributed by atoms with Gasteiger partial charge in [-0.1, -0.05) is 111 Å². The lowest BCUT2D eigenvalue weighted by Crippen LogP contribution is -2.00. The van der Waals surface area contributed by atoms with E-state index in [1.807, 2.05) is 18.7 Å². The van der Waals surface area contributed by atoms with Gasteiger partial charge in [-0.25, -0.2) is 4.98 Å². The summed E-state index contributed by atoms with van der Waals surface area (Å²) in [5.74, 6) is 1.04. The van der Waals surface area contributed by atoms with Gasteiger partial charge in [-0.3, -0.25) is 0 Å². The van der Waals surface area contributed by atoms with E-state index in [0.717, 1.165) is 12.5 Å². The largest absolute Gasteiger partial charge is 0.337 e. The molecule has 1 aromatic rings. The Bertz CT molecular complexity index is 332. The molecule has 148 valence electrons. The van der Waals surface area contributed by atoms with Crippen LogP contribution in [0.5, 0.6) is 0 Å². The summed E-state index contributed by atoms with van der Waals surface area (Å²) in [6.07, 6.45) is 25.5. The zero-order valence-corrected chi connectivity index (χ0v) is 17.8. The lowest BCUT2D eigenvalue weighted by Gasteiger charge is -2.15. The van der Waals surface area contributed by atoms with Crippen molar-refractivity contribution in [2.75, 3.05) is 0 Å². The standard InChI is InChI=1S/C16H34.C7H12N2/c1-4-7-9-10-11-12-15-16(13-6-3)14-8-5-2;1-2-3-5-9-6-4-8-7-9/h16H,4-15H2,1-3H3;4,6-7H,2-3,5H2,1H3. The normalized spacial score (nSPS) is 11.8. The van der Waals surface area contributed by atoms with Crippen molar-refractivity contribution >= 4 is 0 Å². The van der Waals surface area contributed by atoms with Gasteiger partial charge in [-0.05, 0) is 12.3 Å². The average molecular weight is 351 g/mol. The van der Waals surface area contributed by atoms with E-state index >= 15 is 0 Å². The minimum atomic E-state index is 1.04. The molecule has 0 aliphatic rings. The van der Waals surface area contributed by atoms with Gasteiger partial charge in [0.05, 0.1) is 6.33 Å². The van der Waals surface area contributed by atoms with Crippen LogP contribution < -0.4 is 0 Å². The highest BCUT2D eigenvalue weighted by atomic mass is 15.0. The van der Waals surface area contributed by atoms with Gasteiger partial charge in [0.25, 0.3) is 0 Å². The Morgan fingerprint density at radius 2 is 1.32 bits per heavy atom. The van der Waals surface area contributed by atoms with Gasteiger partial charge >= 0.3 is 0 Å². The minimum absolute atomic E-state index is 1.04. The van der Waals surface area contributed by atoms with Crippen molar-refractivity contribution in [1.29, 1.82) is 0 Å². The smallest absolute Gasteiger partial charge is 0.0945 e. The minimum Gasteiger partial charge on any atom is -0.337 e.